The molecule has 0 saturated carbocycles. The van der Waals surface area contributed by atoms with Crippen LogP contribution >= 0.6 is 46.6 Å². The Labute approximate surface area is 414 Å². The van der Waals surface area contributed by atoms with Gasteiger partial charge in [0, 0.05) is 52.9 Å². The van der Waals surface area contributed by atoms with Crippen molar-refractivity contribution in [1.29, 1.82) is 0 Å². The Morgan fingerprint density at radius 2 is 1.29 bits per heavy atom. The minimum atomic E-state index is -2.93. The maximum absolute atomic E-state index is 14.0. The van der Waals surface area contributed by atoms with Crippen LogP contribution < -0.4 is 10.6 Å². The third kappa shape index (κ3) is 17.3. The number of alkyl halides is 3. The van der Waals surface area contributed by atoms with E-state index in [9.17, 15) is 53.4 Å². The van der Waals surface area contributed by atoms with Crippen LogP contribution in [-0.2, 0) is 90.5 Å². The number of carbonyl (C=O) groups is 9. The van der Waals surface area contributed by atoms with Crippen LogP contribution in [0.1, 0.15) is 54.4 Å². The lowest BCUT2D eigenvalue weighted by atomic mass is 9.87. The molecule has 0 radical (unpaired) electrons. The highest BCUT2D eigenvalue weighted by molar-refractivity contribution is 8.01. The molecule has 3 rings (SSSR count). The summed E-state index contributed by atoms with van der Waals surface area (Å²) in [5.74, 6) is -11.1. The summed E-state index contributed by atoms with van der Waals surface area (Å²) in [4.78, 5) is 114. The summed E-state index contributed by atoms with van der Waals surface area (Å²) in [6.45, 7) is 3.01. The summed E-state index contributed by atoms with van der Waals surface area (Å²) in [5, 5.41) is 28.6. The number of halogens is 3. The lowest BCUT2D eigenvalue weighted by Crippen LogP contribution is -2.70. The summed E-state index contributed by atoms with van der Waals surface area (Å²) < 4.78 is 58.6. The van der Waals surface area contributed by atoms with Crippen molar-refractivity contribution < 1.29 is 105 Å². The number of hydrogen-bond acceptors (Lipinski definition) is 23. The number of benzene rings is 1. The fraction of sp³-hybridized carbons (Fsp3) is 0.634. The normalized spacial score (nSPS) is 26.2. The van der Waals surface area contributed by atoms with Crippen molar-refractivity contribution in [3.05, 3.63) is 30.3 Å². The zero-order chi connectivity index (χ0) is 52.0. The second-order valence-corrected chi connectivity index (χ2v) is 19.1. The number of methoxy groups -OCH3 is 2. The van der Waals surface area contributed by atoms with Gasteiger partial charge in [0.25, 0.3) is 5.79 Å². The molecular weight excluding hydrogens is 1010 g/mol. The van der Waals surface area contributed by atoms with E-state index < -0.39 is 162 Å². The number of carbonyl (C=O) groups excluding carboxylic acids is 9. The van der Waals surface area contributed by atoms with Gasteiger partial charge in [0.15, 0.2) is 12.2 Å². The molecule has 69 heavy (non-hydrogen) atoms. The number of hydrogen-bond donors (Lipinski definition) is 4. The molecule has 386 valence electrons. The molecule has 12 atom stereocenters. The molecule has 2 aliphatic rings. The van der Waals surface area contributed by atoms with Gasteiger partial charge >= 0.3 is 47.9 Å². The Kier molecular flexibility index (Phi) is 22.0. The first-order chi connectivity index (χ1) is 32.2. The van der Waals surface area contributed by atoms with Gasteiger partial charge in [-0.15, -0.1) is 0 Å². The molecule has 28 heteroatoms. The van der Waals surface area contributed by atoms with E-state index in [1.165, 1.54) is 0 Å². The molecule has 2 heterocycles. The monoisotopic (exact) mass is 1060 g/mol. The highest BCUT2D eigenvalue weighted by Crippen LogP contribution is 2.46. The lowest BCUT2D eigenvalue weighted by Gasteiger charge is -2.49. The second kappa shape index (κ2) is 25.9. The molecule has 2 aliphatic heterocycles. The Balaban J connectivity index is 2.23. The molecule has 0 aromatic heterocycles. The predicted molar refractivity (Wildman–Crippen MR) is 234 cm³/mol. The molecule has 0 aliphatic carbocycles. The summed E-state index contributed by atoms with van der Waals surface area (Å²) in [6.07, 6.45) is -18.3. The van der Waals surface area contributed by atoms with E-state index in [1.807, 2.05) is 0 Å². The van der Waals surface area contributed by atoms with Crippen molar-refractivity contribution in [3.63, 3.8) is 0 Å². The van der Waals surface area contributed by atoms with Gasteiger partial charge in [-0.2, -0.15) is 0 Å². The van der Waals surface area contributed by atoms with E-state index in [4.69, 9.17) is 86.9 Å². The van der Waals surface area contributed by atoms with Crippen molar-refractivity contribution >= 4 is 100 Å². The molecule has 2 fully saturated rings. The summed E-state index contributed by atoms with van der Waals surface area (Å²) in [7, 11) is 1.91. The van der Waals surface area contributed by atoms with Gasteiger partial charge < -0.3 is 73.0 Å². The molecule has 2 saturated heterocycles. The van der Waals surface area contributed by atoms with E-state index in [1.54, 1.807) is 30.3 Å². The minimum Gasteiger partial charge on any atom is -0.466 e. The summed E-state index contributed by atoms with van der Waals surface area (Å²) in [5.41, 5.74) is 0. The molecular formula is C41H53Cl3N2O22S. The van der Waals surface area contributed by atoms with Gasteiger partial charge in [0.2, 0.25) is 14.6 Å². The van der Waals surface area contributed by atoms with E-state index in [0.717, 1.165) is 67.5 Å². The average molecular weight is 1060 g/mol. The van der Waals surface area contributed by atoms with Crippen LogP contribution in [0.5, 0.6) is 0 Å². The molecule has 1 aromatic rings. The van der Waals surface area contributed by atoms with Crippen LogP contribution in [0.25, 0.3) is 0 Å². The quantitative estimate of drug-likeness (QED) is 0.0807. The first-order valence-corrected chi connectivity index (χ1v) is 22.5. The van der Waals surface area contributed by atoms with Crippen molar-refractivity contribution in [2.24, 2.45) is 0 Å². The first-order valence-electron chi connectivity index (χ1n) is 20.5. The topological polar surface area (TPSA) is 320 Å². The van der Waals surface area contributed by atoms with Gasteiger partial charge in [-0.3, -0.25) is 28.8 Å². The largest absolute Gasteiger partial charge is 0.466 e. The molecule has 4 N–H and O–H groups in total. The molecule has 0 spiro atoms. The van der Waals surface area contributed by atoms with Crippen LogP contribution in [0, 0.1) is 0 Å². The fourth-order valence-corrected chi connectivity index (χ4v) is 8.62. The molecule has 2 amide bonds. The second-order valence-electron chi connectivity index (χ2n) is 15.3. The Morgan fingerprint density at radius 1 is 0.725 bits per heavy atom. The third-order valence-electron chi connectivity index (χ3n) is 9.76. The SMILES string of the molecule is COC(=O)[C@]1(OC[C@@H](O)[C@@H](O)[C@@H]2O[C@@](Sc3ccccc3)(C(=O)OC)C[C@H](OC(C)=O)[C@H]2NC(C)=O)C[C@H](OC(C)=O)[C@@H](NC(=O)OCC(Cl)(Cl)Cl)[C@H]([C@H](OC(C)=O)[C@@H](COC(C)=O)OC(C)=O)O1. The van der Waals surface area contributed by atoms with Crippen LogP contribution in [0.4, 0.5) is 4.79 Å². The zero-order valence-corrected chi connectivity index (χ0v) is 41.4. The molecule has 0 unspecified atom stereocenters. The van der Waals surface area contributed by atoms with Crippen LogP contribution in [0.15, 0.2) is 35.2 Å². The Hall–Kier alpha value is -4.73. The van der Waals surface area contributed by atoms with Crippen LogP contribution in [0.2, 0.25) is 0 Å². The minimum absolute atomic E-state index is 0.438. The summed E-state index contributed by atoms with van der Waals surface area (Å²) in [6, 6.07) is 4.92. The highest BCUT2D eigenvalue weighted by atomic mass is 35.6. The van der Waals surface area contributed by atoms with Crippen LogP contribution in [-0.4, -0.2) is 173 Å². The van der Waals surface area contributed by atoms with Gasteiger partial charge in [0.1, 0.15) is 49.8 Å². The number of thioether (sulfide) groups is 1. The smallest absolute Gasteiger partial charge is 0.407 e. The number of ether oxygens (including phenoxy) is 11. The number of amides is 2. The average Bonchev–Trinajstić information content (AvgIpc) is 3.25. The number of nitrogens with one attached hydrogen (secondary N) is 2. The van der Waals surface area contributed by atoms with Crippen molar-refractivity contribution in [1.82, 2.24) is 10.6 Å². The third-order valence-corrected chi connectivity index (χ3v) is 11.3. The molecule has 0 bridgehead atoms. The molecule has 24 nitrogen and oxygen atoms in total. The number of esters is 7. The van der Waals surface area contributed by atoms with Crippen molar-refractivity contribution in [3.8, 4) is 0 Å². The van der Waals surface area contributed by atoms with Gasteiger partial charge in [-0.05, 0) is 12.1 Å². The number of aliphatic hydroxyl groups is 2. The highest BCUT2D eigenvalue weighted by Gasteiger charge is 2.61. The van der Waals surface area contributed by atoms with Gasteiger partial charge in [-0.25, -0.2) is 14.4 Å². The Bertz CT molecular complexity index is 2010. The Morgan fingerprint density at radius 3 is 1.80 bits per heavy atom. The lowest BCUT2D eigenvalue weighted by molar-refractivity contribution is -0.320. The zero-order valence-electron chi connectivity index (χ0n) is 38.3. The predicted octanol–water partition coefficient (Wildman–Crippen LogP) is 1.09. The number of rotatable bonds is 20. The van der Waals surface area contributed by atoms with E-state index in [2.05, 4.69) is 10.6 Å². The van der Waals surface area contributed by atoms with Crippen molar-refractivity contribution in [2.45, 2.75) is 135 Å². The number of alkyl carbamates (subject to hydrolysis) is 1. The summed E-state index contributed by atoms with van der Waals surface area (Å²) >= 11 is 18.1. The van der Waals surface area contributed by atoms with E-state index in [-0.39, 0.29) is 0 Å². The van der Waals surface area contributed by atoms with Crippen molar-refractivity contribution in [2.75, 3.05) is 34.0 Å². The van der Waals surface area contributed by atoms with E-state index >= 15 is 0 Å². The van der Waals surface area contributed by atoms with Gasteiger partial charge in [0.05, 0.1) is 39.3 Å². The maximum atomic E-state index is 14.0. The van der Waals surface area contributed by atoms with Gasteiger partial charge in [-0.1, -0.05) is 64.8 Å². The first kappa shape index (κ1) is 58.6. The van der Waals surface area contributed by atoms with E-state index in [0.29, 0.717) is 4.90 Å². The van der Waals surface area contributed by atoms with Crippen LogP contribution in [0.3, 0.4) is 0 Å². The standard InChI is InChI=1S/C41H53Cl3N2O22S/c1-19(47)45-30-28(64-22(4)50)15-40(37(56)59-8,69-25-12-10-9-11-13-25)68-34(30)32(54)26(53)16-62-39(36(55)58-7)14-27(63-21(3)49)31(46-38(57)61-18-41(42,43)44)35(67-39)33(66-24(6)52)29(65-23(5)51)17-60-20(2)48/h9-13,26-35,53-54H,14-18H2,1-8H3,(H,45,47)(H,46,57)/t26-,27+,28+,29-,30-,31-,32-,33-,34-,35-,39+,40+/m1/s1. The fourth-order valence-electron chi connectivity index (χ4n) is 7.21. The number of aliphatic hydroxyl groups excluding tert-OH is 2. The molecule has 1 aromatic carbocycles. The maximum Gasteiger partial charge on any atom is 0.407 e.